The zero-order valence-electron chi connectivity index (χ0n) is 11.5. The van der Waals surface area contributed by atoms with E-state index in [4.69, 9.17) is 0 Å². The molecule has 2 aliphatic rings. The number of aliphatic hydroxyl groups is 1. The molecule has 110 valence electrons. The molecular formula is C14H20N2O3S. The topological polar surface area (TPSA) is 69.6 Å². The molecule has 1 fully saturated rings. The molecule has 6 heteroatoms. The molecule has 0 unspecified atom stereocenters. The van der Waals surface area contributed by atoms with Crippen molar-refractivity contribution in [3.05, 3.63) is 29.3 Å². The van der Waals surface area contributed by atoms with Crippen molar-refractivity contribution in [3.63, 3.8) is 0 Å². The molecule has 1 aromatic rings. The quantitative estimate of drug-likeness (QED) is 0.857. The monoisotopic (exact) mass is 296 g/mol. The molecule has 1 saturated carbocycles. The molecule has 0 saturated heterocycles. The summed E-state index contributed by atoms with van der Waals surface area (Å²) in [6.45, 7) is 2.03. The SMILES string of the molecule is CN(CC1CC(O)C1)S(=O)(=O)c1ccc2c(c1)CNC2. The Morgan fingerprint density at radius 3 is 2.70 bits per heavy atom. The van der Waals surface area contributed by atoms with Gasteiger partial charge in [0.2, 0.25) is 10.0 Å². The van der Waals surface area contributed by atoms with Gasteiger partial charge in [0.25, 0.3) is 0 Å². The Bertz CT molecular complexity index is 609. The molecule has 0 spiro atoms. The molecule has 0 aromatic heterocycles. The Labute approximate surface area is 119 Å². The van der Waals surface area contributed by atoms with E-state index in [9.17, 15) is 13.5 Å². The third-order valence-electron chi connectivity index (χ3n) is 4.24. The van der Waals surface area contributed by atoms with E-state index in [1.807, 2.05) is 6.07 Å². The number of nitrogens with zero attached hydrogens (tertiary/aromatic N) is 1. The first-order valence-electron chi connectivity index (χ1n) is 6.94. The van der Waals surface area contributed by atoms with Crippen molar-refractivity contribution in [2.24, 2.45) is 5.92 Å². The summed E-state index contributed by atoms with van der Waals surface area (Å²) < 4.78 is 26.5. The summed E-state index contributed by atoms with van der Waals surface area (Å²) in [4.78, 5) is 0.363. The van der Waals surface area contributed by atoms with Crippen molar-refractivity contribution >= 4 is 10.0 Å². The Hall–Kier alpha value is -0.950. The fourth-order valence-electron chi connectivity index (χ4n) is 2.92. The zero-order chi connectivity index (χ0) is 14.3. The molecule has 5 nitrogen and oxygen atoms in total. The van der Waals surface area contributed by atoms with Crippen molar-refractivity contribution in [2.75, 3.05) is 13.6 Å². The van der Waals surface area contributed by atoms with Crippen LogP contribution in [0.4, 0.5) is 0 Å². The van der Waals surface area contributed by atoms with Crippen molar-refractivity contribution < 1.29 is 13.5 Å². The van der Waals surface area contributed by atoms with E-state index < -0.39 is 10.0 Å². The van der Waals surface area contributed by atoms with Gasteiger partial charge in [-0.2, -0.15) is 0 Å². The zero-order valence-corrected chi connectivity index (χ0v) is 12.4. The second kappa shape index (κ2) is 5.11. The summed E-state index contributed by atoms with van der Waals surface area (Å²) in [7, 11) is -1.81. The summed E-state index contributed by atoms with van der Waals surface area (Å²) in [6.07, 6.45) is 1.16. The van der Waals surface area contributed by atoms with Gasteiger partial charge in [-0.3, -0.25) is 0 Å². The van der Waals surface area contributed by atoms with Gasteiger partial charge in [0.15, 0.2) is 0 Å². The average Bonchev–Trinajstić information content (AvgIpc) is 2.83. The number of aliphatic hydroxyl groups excluding tert-OH is 1. The predicted molar refractivity (Wildman–Crippen MR) is 75.5 cm³/mol. The van der Waals surface area contributed by atoms with E-state index in [1.165, 1.54) is 9.87 Å². The van der Waals surface area contributed by atoms with Crippen LogP contribution in [0.2, 0.25) is 0 Å². The van der Waals surface area contributed by atoms with Crippen LogP contribution in [-0.2, 0) is 23.1 Å². The maximum absolute atomic E-state index is 12.5. The van der Waals surface area contributed by atoms with Crippen LogP contribution in [0, 0.1) is 5.92 Å². The maximum atomic E-state index is 12.5. The molecule has 1 aliphatic heterocycles. The van der Waals surface area contributed by atoms with Gasteiger partial charge in [0.05, 0.1) is 11.0 Å². The highest BCUT2D eigenvalue weighted by Gasteiger charge is 2.32. The highest BCUT2D eigenvalue weighted by Crippen LogP contribution is 2.29. The van der Waals surface area contributed by atoms with Crippen LogP contribution in [0.25, 0.3) is 0 Å². The van der Waals surface area contributed by atoms with Crippen LogP contribution in [-0.4, -0.2) is 37.5 Å². The first-order valence-corrected chi connectivity index (χ1v) is 8.38. The number of hydrogen-bond donors (Lipinski definition) is 2. The number of benzene rings is 1. The molecule has 3 rings (SSSR count). The number of nitrogens with one attached hydrogen (secondary N) is 1. The average molecular weight is 296 g/mol. The molecule has 2 N–H and O–H groups in total. The minimum atomic E-state index is -3.43. The summed E-state index contributed by atoms with van der Waals surface area (Å²) >= 11 is 0. The lowest BCUT2D eigenvalue weighted by Crippen LogP contribution is -2.39. The Morgan fingerprint density at radius 1 is 1.30 bits per heavy atom. The van der Waals surface area contributed by atoms with Crippen LogP contribution in [0.3, 0.4) is 0 Å². The largest absolute Gasteiger partial charge is 0.393 e. The van der Waals surface area contributed by atoms with Crippen LogP contribution < -0.4 is 5.32 Å². The number of rotatable bonds is 4. The minimum absolute atomic E-state index is 0.248. The standard InChI is InChI=1S/C14H20N2O3S/c1-16(9-10-4-13(17)5-10)20(18,19)14-3-2-11-7-15-8-12(11)6-14/h2-3,6,10,13,15,17H,4-5,7-9H2,1H3. The highest BCUT2D eigenvalue weighted by molar-refractivity contribution is 7.89. The number of sulfonamides is 1. The second-order valence-electron chi connectivity index (χ2n) is 5.81. The van der Waals surface area contributed by atoms with E-state index in [0.29, 0.717) is 24.3 Å². The molecule has 1 aromatic carbocycles. The van der Waals surface area contributed by atoms with Gasteiger partial charge in [-0.25, -0.2) is 12.7 Å². The minimum Gasteiger partial charge on any atom is -0.393 e. The second-order valence-corrected chi connectivity index (χ2v) is 7.86. The van der Waals surface area contributed by atoms with Gasteiger partial charge in [-0.15, -0.1) is 0 Å². The fourth-order valence-corrected chi connectivity index (χ4v) is 4.22. The molecule has 1 aliphatic carbocycles. The van der Waals surface area contributed by atoms with Gasteiger partial charge < -0.3 is 10.4 Å². The molecule has 1 heterocycles. The van der Waals surface area contributed by atoms with E-state index in [2.05, 4.69) is 5.32 Å². The van der Waals surface area contributed by atoms with E-state index >= 15 is 0 Å². The van der Waals surface area contributed by atoms with E-state index in [-0.39, 0.29) is 12.0 Å². The molecule has 0 radical (unpaired) electrons. The first kappa shape index (κ1) is 14.0. The van der Waals surface area contributed by atoms with Gasteiger partial charge in [-0.05, 0) is 42.0 Å². The molecule has 20 heavy (non-hydrogen) atoms. The summed E-state index contributed by atoms with van der Waals surface area (Å²) in [5, 5.41) is 12.5. The highest BCUT2D eigenvalue weighted by atomic mass is 32.2. The van der Waals surface area contributed by atoms with E-state index in [1.54, 1.807) is 19.2 Å². The smallest absolute Gasteiger partial charge is 0.242 e. The lowest BCUT2D eigenvalue weighted by Gasteiger charge is -2.34. The lowest BCUT2D eigenvalue weighted by molar-refractivity contribution is 0.0367. The van der Waals surface area contributed by atoms with Crippen LogP contribution in [0.15, 0.2) is 23.1 Å². The Balaban J connectivity index is 1.77. The van der Waals surface area contributed by atoms with Crippen molar-refractivity contribution in [2.45, 2.75) is 36.9 Å². The fraction of sp³-hybridized carbons (Fsp3) is 0.571. The lowest BCUT2D eigenvalue weighted by atomic mass is 9.82. The predicted octanol–water partition coefficient (Wildman–Crippen LogP) is 0.681. The van der Waals surface area contributed by atoms with Crippen molar-refractivity contribution in [1.82, 2.24) is 9.62 Å². The van der Waals surface area contributed by atoms with Gasteiger partial charge in [-0.1, -0.05) is 6.07 Å². The molecular weight excluding hydrogens is 276 g/mol. The van der Waals surface area contributed by atoms with Crippen LogP contribution >= 0.6 is 0 Å². The summed E-state index contributed by atoms with van der Waals surface area (Å²) in [5.74, 6) is 0.279. The van der Waals surface area contributed by atoms with Gasteiger partial charge >= 0.3 is 0 Å². The van der Waals surface area contributed by atoms with Gasteiger partial charge in [0, 0.05) is 26.7 Å². The third-order valence-corrected chi connectivity index (χ3v) is 6.06. The number of hydrogen-bond acceptors (Lipinski definition) is 4. The van der Waals surface area contributed by atoms with Gasteiger partial charge in [0.1, 0.15) is 0 Å². The molecule has 0 bridgehead atoms. The van der Waals surface area contributed by atoms with Crippen molar-refractivity contribution in [3.8, 4) is 0 Å². The maximum Gasteiger partial charge on any atom is 0.242 e. The van der Waals surface area contributed by atoms with Crippen molar-refractivity contribution in [1.29, 1.82) is 0 Å². The number of fused-ring (bicyclic) bond motifs is 1. The molecule has 0 atom stereocenters. The Morgan fingerprint density at radius 2 is 2.00 bits per heavy atom. The molecule has 0 amide bonds. The Kier molecular flexibility index (Phi) is 3.58. The first-order chi connectivity index (χ1) is 9.46. The summed E-state index contributed by atoms with van der Waals surface area (Å²) in [5.41, 5.74) is 2.24. The van der Waals surface area contributed by atoms with E-state index in [0.717, 1.165) is 18.7 Å². The van der Waals surface area contributed by atoms with Crippen LogP contribution in [0.5, 0.6) is 0 Å². The van der Waals surface area contributed by atoms with Crippen LogP contribution in [0.1, 0.15) is 24.0 Å². The third kappa shape index (κ3) is 2.48. The normalized spacial score (nSPS) is 25.6. The summed E-state index contributed by atoms with van der Waals surface area (Å²) in [6, 6.07) is 5.35.